The highest BCUT2D eigenvalue weighted by molar-refractivity contribution is 6.76. The van der Waals surface area contributed by atoms with Crippen molar-refractivity contribution >= 4 is 46.7 Å². The lowest BCUT2D eigenvalue weighted by Crippen LogP contribution is -2.43. The van der Waals surface area contributed by atoms with Crippen LogP contribution in [0.15, 0.2) is 0 Å². The second kappa shape index (κ2) is 4.11. The first-order valence-corrected chi connectivity index (χ1v) is 3.63. The van der Waals surface area contributed by atoms with Crippen LogP contribution < -0.4 is 5.32 Å². The van der Waals surface area contributed by atoms with Crippen LogP contribution in [0, 0.1) is 0 Å². The smallest absolute Gasteiger partial charge is 0.359 e. The minimum Gasteiger partial charge on any atom is -0.478 e. The van der Waals surface area contributed by atoms with Gasteiger partial charge in [0.05, 0.1) is 0 Å². The molecule has 0 spiro atoms. The summed E-state index contributed by atoms with van der Waals surface area (Å²) >= 11 is 15.0. The van der Waals surface area contributed by atoms with Crippen molar-refractivity contribution in [2.75, 3.05) is 0 Å². The van der Waals surface area contributed by atoms with Crippen molar-refractivity contribution in [3.8, 4) is 0 Å². The van der Waals surface area contributed by atoms with Crippen molar-refractivity contribution < 1.29 is 19.1 Å². The van der Waals surface area contributed by atoms with E-state index in [4.69, 9.17) is 39.9 Å². The minimum atomic E-state index is -2.58. The van der Waals surface area contributed by atoms with E-state index in [0.29, 0.717) is 0 Å². The molecule has 1 atom stereocenters. The Morgan fingerprint density at radius 3 is 2.08 bits per heavy atom. The summed E-state index contributed by atoms with van der Waals surface area (Å²) < 4.78 is 9.84. The van der Waals surface area contributed by atoms with Crippen LogP contribution in [-0.4, -0.2) is 27.1 Å². The Labute approximate surface area is 81.6 Å². The number of carboxylic acid groups (broad SMARTS) is 1. The van der Waals surface area contributed by atoms with Gasteiger partial charge in [-0.25, -0.2) is 9.18 Å². The molecule has 2 N–H and O–H groups in total. The summed E-state index contributed by atoms with van der Waals surface area (Å²) in [7, 11) is 0. The molecular formula is C4H3Cl3FNO3. The van der Waals surface area contributed by atoms with Crippen LogP contribution in [0.1, 0.15) is 0 Å². The largest absolute Gasteiger partial charge is 0.478 e. The van der Waals surface area contributed by atoms with Crippen LogP contribution >= 0.6 is 34.8 Å². The number of carboxylic acids is 1. The van der Waals surface area contributed by atoms with E-state index in [-0.39, 0.29) is 0 Å². The number of carbonyl (C=O) groups is 2. The zero-order valence-corrected chi connectivity index (χ0v) is 7.62. The standard InChI is InChI=1S/C4H3Cl3FNO3/c5-4(6,7)3(12)9-1(8)2(10)11/h1H,(H,9,12)(H,10,11). The normalized spacial score (nSPS) is 13.7. The molecular weight excluding hydrogens is 235 g/mol. The zero-order valence-electron chi connectivity index (χ0n) is 5.35. The molecule has 0 radical (unpaired) electrons. The third kappa shape index (κ3) is 3.94. The average molecular weight is 238 g/mol. The Hall–Kier alpha value is -0.260. The highest BCUT2D eigenvalue weighted by Gasteiger charge is 2.33. The van der Waals surface area contributed by atoms with Crippen LogP contribution in [0.2, 0.25) is 0 Å². The Morgan fingerprint density at radius 2 is 1.83 bits per heavy atom. The van der Waals surface area contributed by atoms with Crippen molar-refractivity contribution in [3.05, 3.63) is 0 Å². The number of carbonyl (C=O) groups excluding carboxylic acids is 1. The van der Waals surface area contributed by atoms with Gasteiger partial charge in [0.2, 0.25) is 0 Å². The Balaban J connectivity index is 4.11. The molecule has 0 aliphatic carbocycles. The van der Waals surface area contributed by atoms with E-state index in [9.17, 15) is 14.0 Å². The van der Waals surface area contributed by atoms with E-state index in [1.807, 2.05) is 0 Å². The first-order chi connectivity index (χ1) is 5.25. The first-order valence-electron chi connectivity index (χ1n) is 2.49. The van der Waals surface area contributed by atoms with Crippen molar-refractivity contribution in [3.63, 3.8) is 0 Å². The van der Waals surface area contributed by atoms with Gasteiger partial charge >= 0.3 is 5.97 Å². The maximum atomic E-state index is 12.2. The van der Waals surface area contributed by atoms with Crippen LogP contribution in [0.5, 0.6) is 0 Å². The fourth-order valence-corrected chi connectivity index (χ4v) is 0.422. The molecule has 0 fully saturated rings. The lowest BCUT2D eigenvalue weighted by Gasteiger charge is -2.11. The number of amides is 1. The number of alkyl halides is 4. The van der Waals surface area contributed by atoms with E-state index in [0.717, 1.165) is 0 Å². The summed E-state index contributed by atoms with van der Waals surface area (Å²) in [4.78, 5) is 20.4. The molecule has 0 rings (SSSR count). The van der Waals surface area contributed by atoms with E-state index < -0.39 is 22.0 Å². The SMILES string of the molecule is O=C(O)C(F)NC(=O)C(Cl)(Cl)Cl. The highest BCUT2D eigenvalue weighted by atomic mass is 35.6. The van der Waals surface area contributed by atoms with E-state index in [1.165, 1.54) is 5.32 Å². The van der Waals surface area contributed by atoms with Gasteiger partial charge in [0.25, 0.3) is 16.0 Å². The molecule has 0 bridgehead atoms. The van der Waals surface area contributed by atoms with Gasteiger partial charge in [-0.1, -0.05) is 34.8 Å². The second-order valence-corrected chi connectivity index (χ2v) is 3.95. The fraction of sp³-hybridized carbons (Fsp3) is 0.500. The first kappa shape index (κ1) is 11.7. The zero-order chi connectivity index (χ0) is 9.94. The van der Waals surface area contributed by atoms with Gasteiger partial charge in [-0.05, 0) is 0 Å². The molecule has 70 valence electrons. The molecule has 0 heterocycles. The maximum Gasteiger partial charge on any atom is 0.359 e. The van der Waals surface area contributed by atoms with Crippen LogP contribution in [0.25, 0.3) is 0 Å². The molecule has 0 aliphatic heterocycles. The predicted molar refractivity (Wildman–Crippen MR) is 41.0 cm³/mol. The fourth-order valence-electron chi connectivity index (χ4n) is 0.259. The van der Waals surface area contributed by atoms with Gasteiger partial charge in [0.1, 0.15) is 0 Å². The Bertz CT molecular complexity index is 204. The van der Waals surface area contributed by atoms with Crippen molar-refractivity contribution in [2.24, 2.45) is 0 Å². The van der Waals surface area contributed by atoms with Gasteiger partial charge in [0, 0.05) is 0 Å². The maximum absolute atomic E-state index is 12.2. The predicted octanol–water partition coefficient (Wildman–Crippen LogP) is 0.853. The summed E-state index contributed by atoms with van der Waals surface area (Å²) in [6.07, 6.45) is -2.58. The summed E-state index contributed by atoms with van der Waals surface area (Å²) in [6.45, 7) is 0. The molecule has 0 aromatic heterocycles. The summed E-state index contributed by atoms with van der Waals surface area (Å²) in [5.74, 6) is -3.19. The molecule has 0 aromatic rings. The van der Waals surface area contributed by atoms with E-state index in [2.05, 4.69) is 0 Å². The number of aliphatic carboxylic acids is 1. The molecule has 8 heteroatoms. The highest BCUT2D eigenvalue weighted by Crippen LogP contribution is 2.25. The van der Waals surface area contributed by atoms with E-state index in [1.54, 1.807) is 0 Å². The topological polar surface area (TPSA) is 66.4 Å². The number of hydrogen-bond acceptors (Lipinski definition) is 2. The molecule has 1 unspecified atom stereocenters. The Morgan fingerprint density at radius 1 is 1.42 bits per heavy atom. The van der Waals surface area contributed by atoms with E-state index >= 15 is 0 Å². The van der Waals surface area contributed by atoms with Crippen LogP contribution in [0.4, 0.5) is 4.39 Å². The van der Waals surface area contributed by atoms with Gasteiger partial charge in [-0.15, -0.1) is 0 Å². The molecule has 0 aromatic carbocycles. The Kier molecular flexibility index (Phi) is 4.02. The van der Waals surface area contributed by atoms with Crippen molar-refractivity contribution in [1.29, 1.82) is 0 Å². The molecule has 12 heavy (non-hydrogen) atoms. The minimum absolute atomic E-state index is 1.32. The monoisotopic (exact) mass is 237 g/mol. The van der Waals surface area contributed by atoms with Crippen LogP contribution in [-0.2, 0) is 9.59 Å². The summed E-state index contributed by atoms with van der Waals surface area (Å²) in [5, 5.41) is 9.30. The molecule has 0 saturated heterocycles. The average Bonchev–Trinajstić information content (AvgIpc) is 1.85. The van der Waals surface area contributed by atoms with Gasteiger partial charge in [-0.3, -0.25) is 4.79 Å². The second-order valence-electron chi connectivity index (χ2n) is 1.67. The van der Waals surface area contributed by atoms with Crippen LogP contribution in [0.3, 0.4) is 0 Å². The third-order valence-corrected chi connectivity index (χ3v) is 1.25. The number of rotatable bonds is 2. The molecule has 0 saturated carbocycles. The van der Waals surface area contributed by atoms with Crippen molar-refractivity contribution in [2.45, 2.75) is 10.1 Å². The lowest BCUT2D eigenvalue weighted by molar-refractivity contribution is -0.146. The number of halogens is 4. The molecule has 0 aliphatic rings. The van der Waals surface area contributed by atoms with Gasteiger partial charge in [0.15, 0.2) is 0 Å². The number of hydrogen-bond donors (Lipinski definition) is 2. The quantitative estimate of drug-likeness (QED) is 0.554. The molecule has 1 amide bonds. The summed E-state index contributed by atoms with van der Waals surface area (Å²) in [5.41, 5.74) is 0. The van der Waals surface area contributed by atoms with Gasteiger partial charge < -0.3 is 10.4 Å². The summed E-state index contributed by atoms with van der Waals surface area (Å²) in [6, 6.07) is 0. The number of nitrogens with one attached hydrogen (secondary N) is 1. The lowest BCUT2D eigenvalue weighted by atomic mass is 10.5. The third-order valence-electron chi connectivity index (χ3n) is 0.732. The van der Waals surface area contributed by atoms with Gasteiger partial charge in [-0.2, -0.15) is 0 Å². The molecule has 4 nitrogen and oxygen atoms in total. The van der Waals surface area contributed by atoms with Crippen molar-refractivity contribution in [1.82, 2.24) is 5.32 Å².